The molecule has 0 unspecified atom stereocenters. The van der Waals surface area contributed by atoms with Crippen LogP contribution >= 0.6 is 0 Å². The molecule has 1 saturated heterocycles. The highest BCUT2D eigenvalue weighted by Crippen LogP contribution is 2.36. The molecule has 0 aliphatic carbocycles. The first-order chi connectivity index (χ1) is 15.8. The van der Waals surface area contributed by atoms with Crippen LogP contribution in [-0.4, -0.2) is 33.3 Å². The average molecular weight is 435 g/mol. The molecule has 0 N–H and O–H groups in total. The van der Waals surface area contributed by atoms with Crippen LogP contribution in [0.4, 0.5) is 0 Å². The predicted octanol–water partition coefficient (Wildman–Crippen LogP) is 5.17. The van der Waals surface area contributed by atoms with Crippen LogP contribution in [0.2, 0.25) is 0 Å². The van der Waals surface area contributed by atoms with Crippen molar-refractivity contribution >= 4 is 12.6 Å². The van der Waals surface area contributed by atoms with E-state index >= 15 is 0 Å². The van der Waals surface area contributed by atoms with Crippen molar-refractivity contribution in [1.82, 2.24) is 15.0 Å². The van der Waals surface area contributed by atoms with Gasteiger partial charge in [-0.05, 0) is 33.2 Å². The van der Waals surface area contributed by atoms with E-state index in [0.717, 1.165) is 22.2 Å². The molecule has 5 rings (SSSR count). The summed E-state index contributed by atoms with van der Waals surface area (Å²) in [6.07, 6.45) is 0. The van der Waals surface area contributed by atoms with E-state index in [1.165, 1.54) is 0 Å². The molecule has 0 bridgehead atoms. The summed E-state index contributed by atoms with van der Waals surface area (Å²) in [7, 11) is -0.401. The molecule has 6 heteroatoms. The minimum Gasteiger partial charge on any atom is -0.399 e. The van der Waals surface area contributed by atoms with E-state index in [9.17, 15) is 0 Å². The Morgan fingerprint density at radius 3 is 1.27 bits per heavy atom. The van der Waals surface area contributed by atoms with Gasteiger partial charge in [0.1, 0.15) is 0 Å². The van der Waals surface area contributed by atoms with Gasteiger partial charge in [0.2, 0.25) is 0 Å². The summed E-state index contributed by atoms with van der Waals surface area (Å²) >= 11 is 0. The Balaban J connectivity index is 1.52. The number of nitrogens with zero attached hydrogens (tertiary/aromatic N) is 3. The second-order valence-corrected chi connectivity index (χ2v) is 9.25. The first kappa shape index (κ1) is 21.5. The third-order valence-electron chi connectivity index (χ3n) is 6.39. The van der Waals surface area contributed by atoms with Crippen molar-refractivity contribution in [3.8, 4) is 34.2 Å². The van der Waals surface area contributed by atoms with E-state index in [1.807, 2.05) is 84.9 Å². The van der Waals surface area contributed by atoms with Gasteiger partial charge in [-0.2, -0.15) is 0 Å². The van der Waals surface area contributed by atoms with E-state index < -0.39 is 7.12 Å². The smallest absolute Gasteiger partial charge is 0.399 e. The van der Waals surface area contributed by atoms with E-state index in [4.69, 9.17) is 24.3 Å². The monoisotopic (exact) mass is 435 g/mol. The van der Waals surface area contributed by atoms with Crippen molar-refractivity contribution in [2.45, 2.75) is 38.9 Å². The van der Waals surface area contributed by atoms with Crippen LogP contribution in [0.15, 0.2) is 84.9 Å². The number of hydrogen-bond acceptors (Lipinski definition) is 5. The Labute approximate surface area is 195 Å². The largest absolute Gasteiger partial charge is 0.494 e. The zero-order valence-corrected chi connectivity index (χ0v) is 19.3. The Kier molecular flexibility index (Phi) is 5.35. The second-order valence-electron chi connectivity index (χ2n) is 9.25. The van der Waals surface area contributed by atoms with Crippen molar-refractivity contribution in [1.29, 1.82) is 0 Å². The SMILES string of the molecule is CC1(C)OB(c2ccc(-c3nc(-c4ccccc4)nc(-c4ccccc4)n3)cc2)OC1(C)C. The normalized spacial score (nSPS) is 16.7. The van der Waals surface area contributed by atoms with Crippen LogP contribution in [0, 0.1) is 0 Å². The van der Waals surface area contributed by atoms with Crippen LogP contribution in [0.3, 0.4) is 0 Å². The van der Waals surface area contributed by atoms with Crippen LogP contribution in [0.5, 0.6) is 0 Å². The zero-order chi connectivity index (χ0) is 23.1. The van der Waals surface area contributed by atoms with Crippen molar-refractivity contribution in [2.24, 2.45) is 0 Å². The lowest BCUT2D eigenvalue weighted by atomic mass is 9.79. The van der Waals surface area contributed by atoms with Gasteiger partial charge in [0.25, 0.3) is 0 Å². The third-order valence-corrected chi connectivity index (χ3v) is 6.39. The summed E-state index contributed by atoms with van der Waals surface area (Å²) in [6.45, 7) is 8.23. The van der Waals surface area contributed by atoms with Crippen molar-refractivity contribution < 1.29 is 9.31 Å². The van der Waals surface area contributed by atoms with Gasteiger partial charge in [-0.15, -0.1) is 0 Å². The molecule has 1 aliphatic heterocycles. The Bertz CT molecular complexity index is 1190. The highest BCUT2D eigenvalue weighted by molar-refractivity contribution is 6.62. The first-order valence-electron chi connectivity index (χ1n) is 11.2. The highest BCUT2D eigenvalue weighted by atomic mass is 16.7. The molecule has 0 amide bonds. The highest BCUT2D eigenvalue weighted by Gasteiger charge is 2.51. The summed E-state index contributed by atoms with van der Waals surface area (Å²) in [5.41, 5.74) is 3.03. The van der Waals surface area contributed by atoms with Gasteiger partial charge in [-0.25, -0.2) is 15.0 Å². The average Bonchev–Trinajstić information content (AvgIpc) is 3.07. The third kappa shape index (κ3) is 4.20. The molecule has 164 valence electrons. The Morgan fingerprint density at radius 2 is 0.879 bits per heavy atom. The molecule has 3 aromatic carbocycles. The van der Waals surface area contributed by atoms with E-state index in [1.54, 1.807) is 0 Å². The van der Waals surface area contributed by atoms with Gasteiger partial charge in [-0.3, -0.25) is 0 Å². The lowest BCUT2D eigenvalue weighted by molar-refractivity contribution is 0.00578. The summed E-state index contributed by atoms with van der Waals surface area (Å²) < 4.78 is 12.4. The first-order valence-corrected chi connectivity index (χ1v) is 11.2. The molecule has 1 aromatic heterocycles. The maximum atomic E-state index is 6.19. The van der Waals surface area contributed by atoms with E-state index in [0.29, 0.717) is 17.5 Å². The number of benzene rings is 3. The molecule has 1 aliphatic rings. The molecule has 0 spiro atoms. The number of hydrogen-bond donors (Lipinski definition) is 0. The van der Waals surface area contributed by atoms with Gasteiger partial charge in [0, 0.05) is 16.7 Å². The molecule has 4 aromatic rings. The molecule has 0 saturated carbocycles. The number of aromatic nitrogens is 3. The Morgan fingerprint density at radius 1 is 0.515 bits per heavy atom. The lowest BCUT2D eigenvalue weighted by Gasteiger charge is -2.32. The molecule has 0 atom stereocenters. The number of rotatable bonds is 4. The molecule has 5 nitrogen and oxygen atoms in total. The molecular formula is C27H26BN3O2. The van der Waals surface area contributed by atoms with Gasteiger partial charge in [0.15, 0.2) is 17.5 Å². The minimum absolute atomic E-state index is 0.375. The summed E-state index contributed by atoms with van der Waals surface area (Å²) in [4.78, 5) is 14.3. The van der Waals surface area contributed by atoms with Crippen LogP contribution < -0.4 is 5.46 Å². The van der Waals surface area contributed by atoms with Crippen LogP contribution in [0.1, 0.15) is 27.7 Å². The van der Waals surface area contributed by atoms with Crippen LogP contribution in [0.25, 0.3) is 34.2 Å². The second kappa shape index (κ2) is 8.21. The van der Waals surface area contributed by atoms with Crippen molar-refractivity contribution in [3.63, 3.8) is 0 Å². The fourth-order valence-corrected chi connectivity index (χ4v) is 3.71. The maximum absolute atomic E-state index is 6.19. The molecule has 33 heavy (non-hydrogen) atoms. The van der Waals surface area contributed by atoms with Gasteiger partial charge in [-0.1, -0.05) is 84.9 Å². The van der Waals surface area contributed by atoms with Crippen molar-refractivity contribution in [2.75, 3.05) is 0 Å². The van der Waals surface area contributed by atoms with Crippen LogP contribution in [-0.2, 0) is 9.31 Å². The maximum Gasteiger partial charge on any atom is 0.494 e. The molecule has 2 heterocycles. The standard InChI is InChI=1S/C27H26BN3O2/c1-26(2)27(3,4)33-28(32-26)22-17-15-21(16-18-22)25-30-23(19-11-7-5-8-12-19)29-24(31-25)20-13-9-6-10-14-20/h5-18H,1-4H3. The van der Waals surface area contributed by atoms with Gasteiger partial charge >= 0.3 is 7.12 Å². The molecular weight excluding hydrogens is 409 g/mol. The summed E-state index contributed by atoms with van der Waals surface area (Å²) in [5.74, 6) is 1.92. The van der Waals surface area contributed by atoms with E-state index in [-0.39, 0.29) is 11.2 Å². The van der Waals surface area contributed by atoms with E-state index in [2.05, 4.69) is 27.7 Å². The fraction of sp³-hybridized carbons (Fsp3) is 0.222. The molecule has 0 radical (unpaired) electrons. The summed E-state index contributed by atoms with van der Waals surface area (Å²) in [6, 6.07) is 28.0. The minimum atomic E-state index is -0.401. The zero-order valence-electron chi connectivity index (χ0n) is 19.3. The summed E-state index contributed by atoms with van der Waals surface area (Å²) in [5, 5.41) is 0. The molecule has 1 fully saturated rings. The van der Waals surface area contributed by atoms with Gasteiger partial charge in [0.05, 0.1) is 11.2 Å². The fourth-order valence-electron chi connectivity index (χ4n) is 3.71. The Hall–Kier alpha value is -3.35. The lowest BCUT2D eigenvalue weighted by Crippen LogP contribution is -2.41. The quantitative estimate of drug-likeness (QED) is 0.414. The van der Waals surface area contributed by atoms with Crippen molar-refractivity contribution in [3.05, 3.63) is 84.9 Å². The van der Waals surface area contributed by atoms with Gasteiger partial charge < -0.3 is 9.31 Å². The topological polar surface area (TPSA) is 57.1 Å². The predicted molar refractivity (Wildman–Crippen MR) is 132 cm³/mol.